The number of nitrogens with zero attached hydrogens (tertiary/aromatic N) is 4. The molecule has 2 aromatic heterocycles. The topological polar surface area (TPSA) is 55.6 Å². The van der Waals surface area contributed by atoms with Gasteiger partial charge >= 0.3 is 0 Å². The second-order valence-corrected chi connectivity index (χ2v) is 5.89. The van der Waals surface area contributed by atoms with Crippen LogP contribution in [0.4, 0.5) is 11.5 Å². The van der Waals surface area contributed by atoms with E-state index in [1.54, 1.807) is 29.2 Å². The van der Waals surface area contributed by atoms with Crippen molar-refractivity contribution < 1.29 is 0 Å². The first kappa shape index (κ1) is 15.8. The van der Waals surface area contributed by atoms with Gasteiger partial charge in [0.05, 0.1) is 28.8 Å². The van der Waals surface area contributed by atoms with Crippen LogP contribution in [0.1, 0.15) is 19.0 Å². The lowest BCUT2D eigenvalue weighted by Crippen LogP contribution is -2.04. The molecule has 3 rings (SSSR count). The van der Waals surface area contributed by atoms with Crippen molar-refractivity contribution in [3.05, 3.63) is 58.5 Å². The molecule has 0 aliphatic carbocycles. The molecule has 0 amide bonds. The summed E-state index contributed by atoms with van der Waals surface area (Å²) in [6, 6.07) is 9.16. The normalized spacial score (nSPS) is 10.7. The fourth-order valence-electron chi connectivity index (χ4n) is 2.21. The summed E-state index contributed by atoms with van der Waals surface area (Å²) in [6.45, 7) is 2.11. The van der Waals surface area contributed by atoms with Gasteiger partial charge in [-0.15, -0.1) is 5.10 Å². The maximum atomic E-state index is 6.34. The Morgan fingerprint density at radius 3 is 2.61 bits per heavy atom. The fraction of sp³-hybridized carbons (Fsp3) is 0.188. The van der Waals surface area contributed by atoms with Crippen LogP contribution < -0.4 is 5.32 Å². The number of hydrogen-bond donors (Lipinski definition) is 1. The summed E-state index contributed by atoms with van der Waals surface area (Å²) in [5.74, 6) is 0.579. The van der Waals surface area contributed by atoms with Crippen molar-refractivity contribution in [1.82, 2.24) is 20.0 Å². The molecule has 0 saturated carbocycles. The number of anilines is 2. The summed E-state index contributed by atoms with van der Waals surface area (Å²) in [4.78, 5) is 4.39. The van der Waals surface area contributed by atoms with Crippen LogP contribution in [-0.4, -0.2) is 20.0 Å². The minimum Gasteiger partial charge on any atom is -0.339 e. The van der Waals surface area contributed by atoms with Gasteiger partial charge in [0, 0.05) is 10.7 Å². The quantitative estimate of drug-likeness (QED) is 0.728. The Morgan fingerprint density at radius 2 is 1.91 bits per heavy atom. The molecule has 0 bridgehead atoms. The molecule has 1 N–H and O–H groups in total. The molecule has 0 radical (unpaired) electrons. The van der Waals surface area contributed by atoms with Crippen molar-refractivity contribution in [2.45, 2.75) is 19.8 Å². The number of aryl methyl sites for hydroxylation is 1. The Labute approximate surface area is 144 Å². The molecule has 0 fully saturated rings. The molecule has 3 aromatic rings. The van der Waals surface area contributed by atoms with Crippen molar-refractivity contribution in [2.75, 3.05) is 5.32 Å². The predicted molar refractivity (Wildman–Crippen MR) is 92.9 cm³/mol. The fourth-order valence-corrected chi connectivity index (χ4v) is 2.54. The Morgan fingerprint density at radius 1 is 1.13 bits per heavy atom. The third-order valence-electron chi connectivity index (χ3n) is 3.30. The first-order valence-corrected chi connectivity index (χ1v) is 8.01. The SMILES string of the molecule is CCCc1cnnn1-c1cnc(Nc2ccc(Cl)cc2)c(Cl)c1. The van der Waals surface area contributed by atoms with Crippen molar-refractivity contribution in [3.63, 3.8) is 0 Å². The molecule has 1 aromatic carbocycles. The monoisotopic (exact) mass is 347 g/mol. The maximum absolute atomic E-state index is 6.34. The summed E-state index contributed by atoms with van der Waals surface area (Å²) in [7, 11) is 0. The van der Waals surface area contributed by atoms with E-state index in [0.717, 1.165) is 29.9 Å². The van der Waals surface area contributed by atoms with E-state index >= 15 is 0 Å². The first-order valence-electron chi connectivity index (χ1n) is 7.25. The van der Waals surface area contributed by atoms with Crippen LogP contribution in [0, 0.1) is 0 Å². The molecule has 118 valence electrons. The Hall–Kier alpha value is -2.11. The predicted octanol–water partition coefficient (Wildman–Crippen LogP) is 4.67. The molecular weight excluding hydrogens is 333 g/mol. The smallest absolute Gasteiger partial charge is 0.149 e. The zero-order chi connectivity index (χ0) is 16.2. The van der Waals surface area contributed by atoms with E-state index in [0.29, 0.717) is 15.9 Å². The van der Waals surface area contributed by atoms with E-state index in [1.807, 2.05) is 18.2 Å². The third kappa shape index (κ3) is 3.63. The van der Waals surface area contributed by atoms with E-state index in [2.05, 4.69) is 27.5 Å². The first-order chi connectivity index (χ1) is 11.2. The second kappa shape index (κ2) is 6.98. The standard InChI is InChI=1S/C16H15Cl2N5/c1-2-3-13-10-20-22-23(13)14-8-15(18)16(19-9-14)21-12-6-4-11(17)5-7-12/h4-10H,2-3H2,1H3,(H,19,21). The van der Waals surface area contributed by atoms with Crippen LogP contribution in [0.25, 0.3) is 5.69 Å². The molecule has 0 aliphatic heterocycles. The van der Waals surface area contributed by atoms with Crippen LogP contribution in [0.5, 0.6) is 0 Å². The molecule has 0 atom stereocenters. The molecule has 23 heavy (non-hydrogen) atoms. The van der Waals surface area contributed by atoms with E-state index in [1.165, 1.54) is 0 Å². The van der Waals surface area contributed by atoms with Crippen LogP contribution >= 0.6 is 23.2 Å². The van der Waals surface area contributed by atoms with E-state index < -0.39 is 0 Å². The van der Waals surface area contributed by atoms with Crippen molar-refractivity contribution in [2.24, 2.45) is 0 Å². The molecule has 5 nitrogen and oxygen atoms in total. The lowest BCUT2D eigenvalue weighted by molar-refractivity contribution is 0.743. The highest BCUT2D eigenvalue weighted by molar-refractivity contribution is 6.33. The lowest BCUT2D eigenvalue weighted by Gasteiger charge is -2.10. The van der Waals surface area contributed by atoms with Gasteiger partial charge in [0.15, 0.2) is 0 Å². The van der Waals surface area contributed by atoms with Gasteiger partial charge in [-0.05, 0) is 36.8 Å². The lowest BCUT2D eigenvalue weighted by atomic mass is 10.2. The number of rotatable bonds is 5. The molecule has 2 heterocycles. The van der Waals surface area contributed by atoms with Crippen LogP contribution in [0.2, 0.25) is 10.0 Å². The van der Waals surface area contributed by atoms with Gasteiger partial charge in [0.1, 0.15) is 5.82 Å². The summed E-state index contributed by atoms with van der Waals surface area (Å²) in [5.41, 5.74) is 2.69. The molecule has 0 aliphatic rings. The average molecular weight is 348 g/mol. The van der Waals surface area contributed by atoms with Gasteiger partial charge in [-0.25, -0.2) is 9.67 Å². The van der Waals surface area contributed by atoms with E-state index in [4.69, 9.17) is 23.2 Å². The molecule has 7 heteroatoms. The van der Waals surface area contributed by atoms with Gasteiger partial charge < -0.3 is 5.32 Å². The summed E-state index contributed by atoms with van der Waals surface area (Å²) < 4.78 is 1.76. The molecule has 0 spiro atoms. The van der Waals surface area contributed by atoms with Gasteiger partial charge in [-0.1, -0.05) is 41.8 Å². The highest BCUT2D eigenvalue weighted by Gasteiger charge is 2.09. The highest BCUT2D eigenvalue weighted by Crippen LogP contribution is 2.26. The maximum Gasteiger partial charge on any atom is 0.149 e. The number of hydrogen-bond acceptors (Lipinski definition) is 4. The molecular formula is C16H15Cl2N5. The zero-order valence-corrected chi connectivity index (χ0v) is 14.0. The van der Waals surface area contributed by atoms with Gasteiger partial charge in [0.25, 0.3) is 0 Å². The average Bonchev–Trinajstić information content (AvgIpc) is 3.00. The highest BCUT2D eigenvalue weighted by atomic mass is 35.5. The van der Waals surface area contributed by atoms with Crippen molar-refractivity contribution >= 4 is 34.7 Å². The largest absolute Gasteiger partial charge is 0.339 e. The number of nitrogens with one attached hydrogen (secondary N) is 1. The number of aromatic nitrogens is 4. The van der Waals surface area contributed by atoms with Gasteiger partial charge in [-0.2, -0.15) is 0 Å². The number of benzene rings is 1. The van der Waals surface area contributed by atoms with Crippen LogP contribution in [-0.2, 0) is 6.42 Å². The molecule has 0 saturated heterocycles. The zero-order valence-electron chi connectivity index (χ0n) is 12.5. The Kier molecular flexibility index (Phi) is 4.79. The summed E-state index contributed by atoms with van der Waals surface area (Å²) >= 11 is 12.2. The minimum absolute atomic E-state index is 0.510. The third-order valence-corrected chi connectivity index (χ3v) is 3.84. The number of pyridine rings is 1. The minimum atomic E-state index is 0.510. The van der Waals surface area contributed by atoms with Crippen molar-refractivity contribution in [1.29, 1.82) is 0 Å². The summed E-state index contributed by atoms with van der Waals surface area (Å²) in [6.07, 6.45) is 5.40. The Bertz CT molecular complexity index is 798. The summed E-state index contributed by atoms with van der Waals surface area (Å²) in [5, 5.41) is 12.4. The molecule has 0 unspecified atom stereocenters. The van der Waals surface area contributed by atoms with Crippen molar-refractivity contribution in [3.8, 4) is 5.69 Å². The number of halogens is 2. The second-order valence-electron chi connectivity index (χ2n) is 5.04. The van der Waals surface area contributed by atoms with E-state index in [9.17, 15) is 0 Å². The Balaban J connectivity index is 1.85. The van der Waals surface area contributed by atoms with E-state index in [-0.39, 0.29) is 0 Å². The van der Waals surface area contributed by atoms with Gasteiger partial charge in [-0.3, -0.25) is 0 Å². The van der Waals surface area contributed by atoms with Crippen LogP contribution in [0.3, 0.4) is 0 Å². The van der Waals surface area contributed by atoms with Crippen LogP contribution in [0.15, 0.2) is 42.7 Å². The van der Waals surface area contributed by atoms with Gasteiger partial charge in [0.2, 0.25) is 0 Å².